The van der Waals surface area contributed by atoms with Crippen molar-refractivity contribution in [1.29, 1.82) is 0 Å². The van der Waals surface area contributed by atoms with Gasteiger partial charge in [-0.15, -0.1) is 5.11 Å². The van der Waals surface area contributed by atoms with Crippen molar-refractivity contribution in [3.8, 4) is 17.2 Å². The second kappa shape index (κ2) is 19.9. The van der Waals surface area contributed by atoms with Crippen LogP contribution < -0.4 is 115 Å². The largest absolute Gasteiger partial charge is 1.00 e. The van der Waals surface area contributed by atoms with E-state index in [1.54, 1.807) is 0 Å². The average molecular weight is 940 g/mol. The van der Waals surface area contributed by atoms with Gasteiger partial charge in [-0.05, 0) is 123 Å². The van der Waals surface area contributed by atoms with E-state index in [2.05, 4.69) is 25.9 Å². The molecule has 0 fully saturated rings. The number of carbonyl (C=O) groups excluding carboxylic acids is 1. The number of hydrogen-bond donors (Lipinski definition) is 6. The van der Waals surface area contributed by atoms with E-state index in [-0.39, 0.29) is 149 Å². The third-order valence-electron chi connectivity index (χ3n) is 8.81. The van der Waals surface area contributed by atoms with E-state index in [4.69, 9.17) is 0 Å². The fourth-order valence-corrected chi connectivity index (χ4v) is 7.74. The van der Waals surface area contributed by atoms with Gasteiger partial charge in [0.2, 0.25) is 5.90 Å². The minimum atomic E-state index is -5.07. The minimum absolute atomic E-state index is 0. The Morgan fingerprint density at radius 3 is 1.49 bits per heavy atom. The van der Waals surface area contributed by atoms with Gasteiger partial charge in [0, 0.05) is 16.9 Å². The number of benzene rings is 7. The molecule has 0 bridgehead atoms. The Morgan fingerprint density at radius 2 is 0.984 bits per heavy atom. The van der Waals surface area contributed by atoms with Crippen LogP contribution >= 0.6 is 0 Å². The molecule has 306 valence electrons. The number of urea groups is 1. The van der Waals surface area contributed by atoms with Crippen LogP contribution in [0.15, 0.2) is 139 Å². The van der Waals surface area contributed by atoms with Gasteiger partial charge in [0.1, 0.15) is 4.90 Å². The number of hydrogen-bond acceptors (Lipinski definition) is 13. The number of aliphatic imine (C=N–C) groups is 1. The summed E-state index contributed by atoms with van der Waals surface area (Å²) >= 11 is 0. The number of nitrogens with one attached hydrogen (secondary N) is 2. The van der Waals surface area contributed by atoms with Crippen LogP contribution in [0.1, 0.15) is 5.56 Å². The number of carbonyl (C=O) groups is 1. The van der Waals surface area contributed by atoms with Crippen LogP contribution in [0.2, 0.25) is 0 Å². The van der Waals surface area contributed by atoms with Gasteiger partial charge < -0.3 is 31.1 Å². The summed E-state index contributed by atoms with van der Waals surface area (Å²) in [7, 11) is -14.4. The first-order valence-corrected chi connectivity index (χ1v) is 21.0. The van der Waals surface area contributed by atoms with E-state index in [0.29, 0.717) is 0 Å². The summed E-state index contributed by atoms with van der Waals surface area (Å²) in [6.07, 6.45) is 0. The van der Waals surface area contributed by atoms with Gasteiger partial charge in [-0.3, -0.25) is 13.7 Å². The van der Waals surface area contributed by atoms with Gasteiger partial charge in [-0.2, -0.15) is 30.4 Å². The van der Waals surface area contributed by atoms with Gasteiger partial charge in [0.05, 0.1) is 26.9 Å². The molecule has 25 heteroatoms. The Labute approximate surface area is 423 Å². The average Bonchev–Trinajstić information content (AvgIpc) is 3.16. The van der Waals surface area contributed by atoms with E-state index < -0.39 is 79.9 Å². The van der Waals surface area contributed by atoms with Crippen molar-refractivity contribution in [2.45, 2.75) is 14.7 Å². The van der Waals surface area contributed by atoms with Gasteiger partial charge >= 0.3 is 94.7 Å². The molecule has 0 atom stereocenters. The molecular weight excluding hydrogens is 916 g/mol. The maximum Gasteiger partial charge on any atom is 1.00 e. The number of aliphatic hydroxyl groups excluding tert-OH is 1. The number of anilines is 2. The maximum absolute atomic E-state index is 13.5. The Kier molecular flexibility index (Phi) is 16.2. The van der Waals surface area contributed by atoms with Gasteiger partial charge in [0.25, 0.3) is 30.4 Å². The molecule has 19 nitrogen and oxygen atoms in total. The molecule has 0 aliphatic heterocycles. The molecule has 6 N–H and O–H groups in total. The zero-order valence-electron chi connectivity index (χ0n) is 32.8. The summed E-state index contributed by atoms with van der Waals surface area (Å²) in [5.41, 5.74) is -0.185. The fourth-order valence-electron chi connectivity index (χ4n) is 6.02. The minimum Gasteiger partial charge on any atom is -0.872 e. The fraction of sp³-hybridized carbons (Fsp3) is 0. The molecule has 0 spiro atoms. The van der Waals surface area contributed by atoms with Crippen LogP contribution in [0.25, 0.3) is 32.3 Å². The summed E-state index contributed by atoms with van der Waals surface area (Å²) < 4.78 is 99.7. The van der Waals surface area contributed by atoms with Gasteiger partial charge in [0.15, 0.2) is 0 Å². The Balaban J connectivity index is 0.00000290. The molecule has 0 saturated heterocycles. The van der Waals surface area contributed by atoms with E-state index in [9.17, 15) is 64.1 Å². The molecular formula is C38H24N5Na3O14S3. The SMILES string of the molecule is O=C(Nc1ccc2c([O-])cc(S(=O)(=O)O)cc2c1)Nc1ccc2c([O-])c(N=Nc3ccc(C(O)=Nc4ccc5c([O-])cc(S(=O)(=O)O)cc5c4)cc3)c(S(=O)(=O)O)cc2c1.[Na+].[Na+].[Na+]. The van der Waals surface area contributed by atoms with Crippen molar-refractivity contribution in [3.05, 3.63) is 115 Å². The second-order valence-electron chi connectivity index (χ2n) is 12.9. The molecule has 0 saturated carbocycles. The third-order valence-corrected chi connectivity index (χ3v) is 11.3. The molecule has 0 aliphatic rings. The van der Waals surface area contributed by atoms with Crippen molar-refractivity contribution in [1.82, 2.24) is 0 Å². The quantitative estimate of drug-likeness (QED) is 0.0273. The molecule has 0 aromatic heterocycles. The molecule has 63 heavy (non-hydrogen) atoms. The van der Waals surface area contributed by atoms with E-state index in [1.807, 2.05) is 0 Å². The number of azo groups is 1. The molecule has 0 aliphatic carbocycles. The van der Waals surface area contributed by atoms with Crippen LogP contribution in [0.3, 0.4) is 0 Å². The van der Waals surface area contributed by atoms with Crippen molar-refractivity contribution < 1.29 is 153 Å². The van der Waals surface area contributed by atoms with E-state index in [0.717, 1.165) is 30.3 Å². The molecule has 7 aromatic rings. The number of fused-ring (bicyclic) bond motifs is 3. The van der Waals surface area contributed by atoms with Gasteiger partial charge in [-0.1, -0.05) is 35.4 Å². The molecule has 0 heterocycles. The van der Waals surface area contributed by atoms with Crippen LogP contribution in [0.5, 0.6) is 17.2 Å². The van der Waals surface area contributed by atoms with Crippen LogP contribution in [0.4, 0.5) is 33.2 Å². The second-order valence-corrected chi connectivity index (χ2v) is 17.1. The number of amides is 2. The summed E-state index contributed by atoms with van der Waals surface area (Å²) in [6.45, 7) is 0. The molecule has 7 aromatic carbocycles. The molecule has 0 unspecified atom stereocenters. The van der Waals surface area contributed by atoms with Gasteiger partial charge in [-0.25, -0.2) is 9.79 Å². The smallest absolute Gasteiger partial charge is 0.872 e. The first-order chi connectivity index (χ1) is 28.1. The van der Waals surface area contributed by atoms with Crippen LogP contribution in [0, 0.1) is 0 Å². The summed E-state index contributed by atoms with van der Waals surface area (Å²) in [4.78, 5) is 14.8. The third kappa shape index (κ3) is 11.7. The summed E-state index contributed by atoms with van der Waals surface area (Å²) in [6, 6.07) is 21.1. The van der Waals surface area contributed by atoms with Crippen molar-refractivity contribution in [2.75, 3.05) is 10.6 Å². The maximum atomic E-state index is 13.5. The molecule has 0 radical (unpaired) electrons. The Bertz CT molecular complexity index is 3380. The number of aliphatic hydroxyl groups is 1. The van der Waals surface area contributed by atoms with Crippen molar-refractivity contribution in [2.24, 2.45) is 15.2 Å². The zero-order chi connectivity index (χ0) is 43.3. The van der Waals surface area contributed by atoms with E-state index >= 15 is 0 Å². The molecule has 7 rings (SSSR count). The number of nitrogens with zero attached hydrogens (tertiary/aromatic N) is 3. The zero-order valence-corrected chi connectivity index (χ0v) is 41.3. The number of rotatable bonds is 9. The first-order valence-electron chi connectivity index (χ1n) is 16.7. The standard InChI is InChI=1S/C38H27N5O14S3.3Na/c44-32-17-27(58(49,50)51)14-20-11-24(5-8-29(20)32)39-37(47)19-1-3-23(4-2-19)42-43-35-34(60(55,56)57)16-22-13-26(7-10-31(22)36(35)46)41-38(48)40-25-6-9-30-21(12-25)15-28(18-33(30)45)59(52,53)54;;;/h1-18,44-46H,(H,39,47)(H2,40,41,48)(H,49,50,51)(H,52,53,54)(H,55,56,57);;;/q;3*+1/p-3. The van der Waals surface area contributed by atoms with Crippen LogP contribution in [-0.4, -0.2) is 55.9 Å². The summed E-state index contributed by atoms with van der Waals surface area (Å²) in [5.74, 6) is -2.78. The monoisotopic (exact) mass is 939 g/mol. The van der Waals surface area contributed by atoms with Crippen molar-refractivity contribution in [3.63, 3.8) is 0 Å². The summed E-state index contributed by atoms with van der Waals surface area (Å²) in [5, 5.41) is 61.9. The van der Waals surface area contributed by atoms with Crippen LogP contribution in [-0.2, 0) is 30.4 Å². The molecule has 2 amide bonds. The van der Waals surface area contributed by atoms with E-state index in [1.165, 1.54) is 78.9 Å². The Morgan fingerprint density at radius 1 is 0.524 bits per heavy atom. The first kappa shape index (κ1) is 51.4. The van der Waals surface area contributed by atoms with Crippen molar-refractivity contribution >= 4 is 103 Å². The predicted octanol–water partition coefficient (Wildman–Crippen LogP) is -3.19. The Hall–Kier alpha value is -4.21. The predicted molar refractivity (Wildman–Crippen MR) is 212 cm³/mol. The topological polar surface area (TPSA) is 331 Å². The normalized spacial score (nSPS) is 12.1.